The molecule has 96 valence electrons. The first kappa shape index (κ1) is 14.0. The molecule has 0 aliphatic heterocycles. The van der Waals surface area contributed by atoms with Gasteiger partial charge in [-0.15, -0.1) is 5.10 Å². The highest BCUT2D eigenvalue weighted by Gasteiger charge is 2.19. The number of hydrogen-bond acceptors (Lipinski definition) is 3. The zero-order valence-electron chi connectivity index (χ0n) is 10.2. The van der Waals surface area contributed by atoms with Crippen LogP contribution in [0.3, 0.4) is 0 Å². The van der Waals surface area contributed by atoms with Crippen molar-refractivity contribution in [2.45, 2.75) is 13.0 Å². The number of benzene rings is 1. The van der Waals surface area contributed by atoms with E-state index in [0.717, 1.165) is 16.7 Å². The molecular formula is C12H14BrIN4. The Bertz CT molecular complexity index is 541. The van der Waals surface area contributed by atoms with E-state index < -0.39 is 0 Å². The van der Waals surface area contributed by atoms with Crippen molar-refractivity contribution in [3.05, 3.63) is 43.7 Å². The van der Waals surface area contributed by atoms with Crippen LogP contribution in [0.2, 0.25) is 0 Å². The van der Waals surface area contributed by atoms with Crippen molar-refractivity contribution in [2.24, 2.45) is 7.05 Å². The second-order valence-electron chi connectivity index (χ2n) is 3.94. The van der Waals surface area contributed by atoms with Crippen LogP contribution in [0.1, 0.15) is 24.2 Å². The lowest BCUT2D eigenvalue weighted by atomic mass is 10.0. The summed E-state index contributed by atoms with van der Waals surface area (Å²) in [7, 11) is 1.91. The van der Waals surface area contributed by atoms with Crippen LogP contribution in [-0.2, 0) is 7.05 Å². The standard InChI is InChI=1S/C12H14BrIN4/c1-3-15-12(11-7-16-17-18(11)2)9-6-8(13)4-5-10(9)14/h4-7,12,15H,3H2,1-2H3. The van der Waals surface area contributed by atoms with Gasteiger partial charge in [0, 0.05) is 15.1 Å². The van der Waals surface area contributed by atoms with E-state index in [2.05, 4.69) is 79.3 Å². The molecule has 1 atom stereocenters. The molecule has 0 bridgehead atoms. The first-order valence-electron chi connectivity index (χ1n) is 5.66. The maximum atomic E-state index is 4.01. The molecule has 0 radical (unpaired) electrons. The molecule has 18 heavy (non-hydrogen) atoms. The van der Waals surface area contributed by atoms with E-state index in [9.17, 15) is 0 Å². The number of hydrogen-bond donors (Lipinski definition) is 1. The van der Waals surface area contributed by atoms with Gasteiger partial charge in [-0.2, -0.15) is 0 Å². The maximum Gasteiger partial charge on any atom is 0.0799 e. The van der Waals surface area contributed by atoms with Gasteiger partial charge in [0.15, 0.2) is 0 Å². The van der Waals surface area contributed by atoms with E-state index in [1.807, 2.05) is 17.9 Å². The van der Waals surface area contributed by atoms with Crippen molar-refractivity contribution in [1.29, 1.82) is 0 Å². The van der Waals surface area contributed by atoms with E-state index in [-0.39, 0.29) is 6.04 Å². The molecule has 6 heteroatoms. The van der Waals surface area contributed by atoms with Gasteiger partial charge >= 0.3 is 0 Å². The lowest BCUT2D eigenvalue weighted by Gasteiger charge is -2.19. The van der Waals surface area contributed by atoms with E-state index >= 15 is 0 Å². The Hall–Kier alpha value is -0.470. The zero-order chi connectivity index (χ0) is 13.1. The van der Waals surface area contributed by atoms with E-state index in [0.29, 0.717) is 0 Å². The fourth-order valence-electron chi connectivity index (χ4n) is 1.87. The molecule has 1 unspecified atom stereocenters. The molecular weight excluding hydrogens is 407 g/mol. The van der Waals surface area contributed by atoms with Gasteiger partial charge in [-0.3, -0.25) is 4.68 Å². The van der Waals surface area contributed by atoms with Gasteiger partial charge < -0.3 is 5.32 Å². The zero-order valence-corrected chi connectivity index (χ0v) is 13.9. The number of nitrogens with one attached hydrogen (secondary N) is 1. The molecule has 1 heterocycles. The summed E-state index contributed by atoms with van der Waals surface area (Å²) in [6, 6.07) is 6.41. The summed E-state index contributed by atoms with van der Waals surface area (Å²) in [4.78, 5) is 0. The van der Waals surface area contributed by atoms with Gasteiger partial charge in [0.1, 0.15) is 0 Å². The number of aromatic nitrogens is 3. The minimum atomic E-state index is 0.111. The molecule has 1 aromatic carbocycles. The maximum absolute atomic E-state index is 4.01. The van der Waals surface area contributed by atoms with Gasteiger partial charge in [0.25, 0.3) is 0 Å². The molecule has 1 aromatic heterocycles. The topological polar surface area (TPSA) is 42.7 Å². The number of nitrogens with zero attached hydrogens (tertiary/aromatic N) is 3. The van der Waals surface area contributed by atoms with E-state index in [1.165, 1.54) is 9.13 Å². The lowest BCUT2D eigenvalue weighted by molar-refractivity contribution is 0.566. The van der Waals surface area contributed by atoms with Crippen LogP contribution in [-0.4, -0.2) is 21.5 Å². The fourth-order valence-corrected chi connectivity index (χ4v) is 2.90. The van der Waals surface area contributed by atoms with Gasteiger partial charge in [-0.1, -0.05) is 28.1 Å². The van der Waals surface area contributed by atoms with Crippen molar-refractivity contribution in [2.75, 3.05) is 6.54 Å². The van der Waals surface area contributed by atoms with Crippen LogP contribution in [0.4, 0.5) is 0 Å². The highest BCUT2D eigenvalue weighted by molar-refractivity contribution is 14.1. The van der Waals surface area contributed by atoms with Crippen LogP contribution >= 0.6 is 38.5 Å². The smallest absolute Gasteiger partial charge is 0.0799 e. The van der Waals surface area contributed by atoms with Crippen LogP contribution in [0, 0.1) is 3.57 Å². The van der Waals surface area contributed by atoms with Crippen LogP contribution in [0.25, 0.3) is 0 Å². The molecule has 0 fully saturated rings. The average Bonchev–Trinajstić information content (AvgIpc) is 2.76. The summed E-state index contributed by atoms with van der Waals surface area (Å²) in [6.45, 7) is 2.99. The molecule has 0 saturated carbocycles. The van der Waals surface area contributed by atoms with E-state index in [1.54, 1.807) is 0 Å². The van der Waals surface area contributed by atoms with Crippen molar-refractivity contribution in [1.82, 2.24) is 20.3 Å². The van der Waals surface area contributed by atoms with Gasteiger partial charge in [0.2, 0.25) is 0 Å². The molecule has 0 aliphatic rings. The van der Waals surface area contributed by atoms with Gasteiger partial charge in [-0.25, -0.2) is 0 Å². The highest BCUT2D eigenvalue weighted by atomic mass is 127. The molecule has 0 spiro atoms. The predicted octanol–water partition coefficient (Wildman–Crippen LogP) is 2.88. The second-order valence-corrected chi connectivity index (χ2v) is 6.02. The van der Waals surface area contributed by atoms with Crippen molar-refractivity contribution in [3.8, 4) is 0 Å². The summed E-state index contributed by atoms with van der Waals surface area (Å²) in [5, 5.41) is 11.5. The third-order valence-corrected chi connectivity index (χ3v) is 4.20. The van der Waals surface area contributed by atoms with Crippen molar-refractivity contribution < 1.29 is 0 Å². The Morgan fingerprint density at radius 1 is 1.50 bits per heavy atom. The third-order valence-electron chi connectivity index (χ3n) is 2.72. The Labute approximate surface area is 128 Å². The summed E-state index contributed by atoms with van der Waals surface area (Å²) in [6.07, 6.45) is 1.81. The molecule has 0 saturated heterocycles. The number of rotatable bonds is 4. The van der Waals surface area contributed by atoms with Crippen molar-refractivity contribution in [3.63, 3.8) is 0 Å². The normalized spacial score (nSPS) is 12.7. The molecule has 2 aromatic rings. The first-order valence-corrected chi connectivity index (χ1v) is 7.53. The molecule has 2 rings (SSSR count). The van der Waals surface area contributed by atoms with Gasteiger partial charge in [-0.05, 0) is 52.9 Å². The summed E-state index contributed by atoms with van der Waals surface area (Å²) in [5.41, 5.74) is 2.30. The molecule has 0 amide bonds. The Kier molecular flexibility index (Phi) is 4.74. The number of aryl methyl sites for hydroxylation is 1. The van der Waals surface area contributed by atoms with Gasteiger partial charge in [0.05, 0.1) is 17.9 Å². The number of halogens is 2. The Morgan fingerprint density at radius 3 is 2.89 bits per heavy atom. The fraction of sp³-hybridized carbons (Fsp3) is 0.333. The summed E-state index contributed by atoms with van der Waals surface area (Å²) in [5.74, 6) is 0. The van der Waals surface area contributed by atoms with Crippen LogP contribution in [0.15, 0.2) is 28.9 Å². The van der Waals surface area contributed by atoms with Crippen LogP contribution in [0.5, 0.6) is 0 Å². The van der Waals surface area contributed by atoms with Crippen molar-refractivity contribution >= 4 is 38.5 Å². The first-order chi connectivity index (χ1) is 8.63. The average molecular weight is 421 g/mol. The predicted molar refractivity (Wildman–Crippen MR) is 83.4 cm³/mol. The Morgan fingerprint density at radius 2 is 2.28 bits per heavy atom. The highest BCUT2D eigenvalue weighted by Crippen LogP contribution is 2.28. The largest absolute Gasteiger partial charge is 0.305 e. The quantitative estimate of drug-likeness (QED) is 0.773. The second kappa shape index (κ2) is 6.12. The monoisotopic (exact) mass is 420 g/mol. The SMILES string of the molecule is CCNC(c1cc(Br)ccc1I)c1cnnn1C. The third kappa shape index (κ3) is 2.92. The van der Waals surface area contributed by atoms with Crippen LogP contribution < -0.4 is 5.32 Å². The Balaban J connectivity index is 2.48. The summed E-state index contributed by atoms with van der Waals surface area (Å²) < 4.78 is 4.11. The molecule has 4 nitrogen and oxygen atoms in total. The minimum Gasteiger partial charge on any atom is -0.305 e. The van der Waals surface area contributed by atoms with E-state index in [4.69, 9.17) is 0 Å². The summed E-state index contributed by atoms with van der Waals surface area (Å²) >= 11 is 5.89. The molecule has 0 aliphatic carbocycles. The minimum absolute atomic E-state index is 0.111. The molecule has 1 N–H and O–H groups in total. The lowest BCUT2D eigenvalue weighted by Crippen LogP contribution is -2.25.